The molecule has 1 saturated heterocycles. The zero-order chi connectivity index (χ0) is 26.8. The molecule has 1 aliphatic rings. The average molecular weight is 506 g/mol. The Hall–Kier alpha value is -3.39. The summed E-state index contributed by atoms with van der Waals surface area (Å²) in [6, 6.07) is 13.2. The van der Waals surface area contributed by atoms with Gasteiger partial charge in [-0.3, -0.25) is 9.80 Å². The Kier molecular flexibility index (Phi) is 7.59. The quantitative estimate of drug-likeness (QED) is 0.401. The van der Waals surface area contributed by atoms with Crippen LogP contribution >= 0.6 is 0 Å². The fourth-order valence-corrected chi connectivity index (χ4v) is 5.69. The van der Waals surface area contributed by atoms with E-state index in [-0.39, 0.29) is 22.7 Å². The number of nitrogens with zero attached hydrogens (tertiary/aromatic N) is 4. The van der Waals surface area contributed by atoms with Gasteiger partial charge in [-0.15, -0.1) is 10.2 Å². The number of aromatic hydroxyl groups is 1. The molecule has 1 fully saturated rings. The third kappa shape index (κ3) is 5.80. The van der Waals surface area contributed by atoms with E-state index >= 15 is 0 Å². The summed E-state index contributed by atoms with van der Waals surface area (Å²) in [4.78, 5) is 11.2. The van der Waals surface area contributed by atoms with Gasteiger partial charge in [0.1, 0.15) is 11.5 Å². The topological polar surface area (TPSA) is 90.8 Å². The lowest BCUT2D eigenvalue weighted by Gasteiger charge is -2.56. The van der Waals surface area contributed by atoms with Crippen LogP contribution in [0.2, 0.25) is 0 Å². The van der Waals surface area contributed by atoms with E-state index in [9.17, 15) is 9.90 Å². The number of phenols is 1. The van der Waals surface area contributed by atoms with Gasteiger partial charge in [-0.2, -0.15) is 0 Å². The van der Waals surface area contributed by atoms with Crippen molar-refractivity contribution in [1.29, 1.82) is 0 Å². The molecule has 0 bridgehead atoms. The van der Waals surface area contributed by atoms with E-state index in [1.165, 1.54) is 13.3 Å². The van der Waals surface area contributed by atoms with Crippen molar-refractivity contribution in [3.05, 3.63) is 42.5 Å². The van der Waals surface area contributed by atoms with Gasteiger partial charge in [-0.1, -0.05) is 12.1 Å². The number of ether oxygens (including phenoxy) is 1. The molecule has 2 N–H and O–H groups in total. The van der Waals surface area contributed by atoms with Gasteiger partial charge in [0.2, 0.25) is 5.91 Å². The number of phenolic OH excluding ortho intramolecular Hbond substituents is 1. The number of hydrazine groups is 1. The molecule has 0 radical (unpaired) electrons. The van der Waals surface area contributed by atoms with E-state index < -0.39 is 0 Å². The van der Waals surface area contributed by atoms with Gasteiger partial charge in [-0.25, -0.2) is 5.01 Å². The number of fused-ring (bicyclic) bond motifs is 1. The summed E-state index contributed by atoms with van der Waals surface area (Å²) in [5, 5.41) is 28.5. The summed E-state index contributed by atoms with van der Waals surface area (Å²) in [6.07, 6.45) is 4.11. The standard InChI is InChI=1S/C29H39N5O3/c1-20(35)30-17-8-18-37-27-23(12-10-21-9-11-22(36)19-24(21)27)25-13-14-26(32-31-25)33(6)34-28(2,3)15-7-16-29(34,4)5/h9-14,19,36H,7-8,15-18H2,1-6H3,(H,30,35). The highest BCUT2D eigenvalue weighted by Gasteiger charge is 2.44. The van der Waals surface area contributed by atoms with Crippen molar-refractivity contribution in [1.82, 2.24) is 20.5 Å². The third-order valence-electron chi connectivity index (χ3n) is 7.18. The summed E-state index contributed by atoms with van der Waals surface area (Å²) >= 11 is 0. The third-order valence-corrected chi connectivity index (χ3v) is 7.18. The maximum Gasteiger partial charge on any atom is 0.216 e. The largest absolute Gasteiger partial charge is 0.508 e. The highest BCUT2D eigenvalue weighted by atomic mass is 16.5. The van der Waals surface area contributed by atoms with Crippen molar-refractivity contribution in [2.75, 3.05) is 25.2 Å². The molecule has 0 spiro atoms. The first-order valence-electron chi connectivity index (χ1n) is 13.0. The molecule has 198 valence electrons. The van der Waals surface area contributed by atoms with Crippen LogP contribution in [0.3, 0.4) is 0 Å². The van der Waals surface area contributed by atoms with Gasteiger partial charge in [0.25, 0.3) is 0 Å². The molecule has 3 aromatic rings. The minimum Gasteiger partial charge on any atom is -0.508 e. The molecule has 0 aliphatic carbocycles. The first-order chi connectivity index (χ1) is 17.5. The monoisotopic (exact) mass is 505 g/mol. The molecule has 4 rings (SSSR count). The van der Waals surface area contributed by atoms with Crippen molar-refractivity contribution in [3.8, 4) is 22.8 Å². The minimum absolute atomic E-state index is 0.00938. The van der Waals surface area contributed by atoms with Crippen LogP contribution in [0.1, 0.15) is 60.3 Å². The predicted molar refractivity (Wildman–Crippen MR) is 148 cm³/mol. The lowest BCUT2D eigenvalue weighted by atomic mass is 9.81. The van der Waals surface area contributed by atoms with E-state index in [0.29, 0.717) is 31.0 Å². The SMILES string of the molecule is CC(=O)NCCCOc1c(-c2ccc(N(C)N3C(C)(C)CCCC3(C)C)nn2)ccc2ccc(O)cc12. The fraction of sp³-hybridized carbons (Fsp3) is 0.483. The summed E-state index contributed by atoms with van der Waals surface area (Å²) in [5.41, 5.74) is 1.51. The Labute approximate surface area is 219 Å². The van der Waals surface area contributed by atoms with E-state index in [4.69, 9.17) is 4.74 Å². The van der Waals surface area contributed by atoms with Crippen molar-refractivity contribution >= 4 is 22.5 Å². The van der Waals surface area contributed by atoms with Gasteiger partial charge in [0.05, 0.1) is 12.3 Å². The van der Waals surface area contributed by atoms with Crippen molar-refractivity contribution in [3.63, 3.8) is 0 Å². The van der Waals surface area contributed by atoms with Crippen LogP contribution < -0.4 is 15.1 Å². The number of carbonyl (C=O) groups is 1. The van der Waals surface area contributed by atoms with Gasteiger partial charge in [0, 0.05) is 42.5 Å². The molecule has 8 nitrogen and oxygen atoms in total. The number of rotatable bonds is 8. The van der Waals surface area contributed by atoms with Crippen LogP contribution in [0.15, 0.2) is 42.5 Å². The van der Waals surface area contributed by atoms with Crippen molar-refractivity contribution in [2.45, 2.75) is 71.4 Å². The summed E-state index contributed by atoms with van der Waals surface area (Å²) in [6.45, 7) is 11.6. The van der Waals surface area contributed by atoms with Crippen molar-refractivity contribution in [2.24, 2.45) is 0 Å². The van der Waals surface area contributed by atoms with Gasteiger partial charge < -0.3 is 15.2 Å². The first-order valence-corrected chi connectivity index (χ1v) is 13.0. The molecule has 8 heteroatoms. The van der Waals surface area contributed by atoms with E-state index in [1.807, 2.05) is 30.3 Å². The lowest BCUT2D eigenvalue weighted by Crippen LogP contribution is -2.64. The Bertz CT molecular complexity index is 1240. The Morgan fingerprint density at radius 1 is 1.08 bits per heavy atom. The maximum atomic E-state index is 11.2. The zero-order valence-corrected chi connectivity index (χ0v) is 22.8. The molecule has 1 aromatic heterocycles. The molecule has 37 heavy (non-hydrogen) atoms. The summed E-state index contributed by atoms with van der Waals surface area (Å²) < 4.78 is 6.22. The molecule has 0 unspecified atom stereocenters. The molecular weight excluding hydrogens is 466 g/mol. The zero-order valence-electron chi connectivity index (χ0n) is 22.8. The minimum atomic E-state index is -0.0626. The second-order valence-electron chi connectivity index (χ2n) is 11.1. The summed E-state index contributed by atoms with van der Waals surface area (Å²) in [5.74, 6) is 1.53. The van der Waals surface area contributed by atoms with Gasteiger partial charge >= 0.3 is 0 Å². The molecule has 1 amide bonds. The number of aromatic nitrogens is 2. The Morgan fingerprint density at radius 2 is 1.78 bits per heavy atom. The maximum absolute atomic E-state index is 11.2. The van der Waals surface area contributed by atoms with E-state index in [1.54, 1.807) is 12.1 Å². The molecule has 0 atom stereocenters. The number of amides is 1. The molecule has 0 saturated carbocycles. The average Bonchev–Trinajstić information content (AvgIpc) is 2.82. The van der Waals surface area contributed by atoms with Crippen LogP contribution in [-0.2, 0) is 4.79 Å². The fourth-order valence-electron chi connectivity index (χ4n) is 5.69. The molecule has 2 heterocycles. The second-order valence-corrected chi connectivity index (χ2v) is 11.1. The highest BCUT2D eigenvalue weighted by Crippen LogP contribution is 2.41. The van der Waals surface area contributed by atoms with Crippen LogP contribution in [0, 0.1) is 0 Å². The number of carbonyl (C=O) groups excluding carboxylic acids is 1. The molecular formula is C29H39N5O3. The smallest absolute Gasteiger partial charge is 0.216 e. The number of nitrogens with one attached hydrogen (secondary N) is 1. The second kappa shape index (κ2) is 10.5. The first kappa shape index (κ1) is 26.7. The van der Waals surface area contributed by atoms with E-state index in [2.05, 4.69) is 60.3 Å². The number of hydrogen-bond donors (Lipinski definition) is 2. The number of anilines is 1. The lowest BCUT2D eigenvalue weighted by molar-refractivity contribution is -0.118. The Morgan fingerprint density at radius 3 is 2.43 bits per heavy atom. The predicted octanol–water partition coefficient (Wildman–Crippen LogP) is 5.30. The molecule has 1 aliphatic heterocycles. The molecule has 2 aromatic carbocycles. The summed E-state index contributed by atoms with van der Waals surface area (Å²) in [7, 11) is 2.06. The van der Waals surface area contributed by atoms with Crippen LogP contribution in [0.25, 0.3) is 22.0 Å². The normalized spacial score (nSPS) is 16.9. The van der Waals surface area contributed by atoms with Crippen molar-refractivity contribution < 1.29 is 14.6 Å². The van der Waals surface area contributed by atoms with Crippen LogP contribution in [0.5, 0.6) is 11.5 Å². The highest BCUT2D eigenvalue weighted by molar-refractivity contribution is 5.95. The van der Waals surface area contributed by atoms with E-state index in [0.717, 1.165) is 35.0 Å². The number of piperidine rings is 1. The van der Waals surface area contributed by atoms with Gasteiger partial charge in [-0.05, 0) is 89.1 Å². The number of benzene rings is 2. The Balaban J connectivity index is 1.64. The van der Waals surface area contributed by atoms with Crippen LogP contribution in [0.4, 0.5) is 5.82 Å². The number of hydrogen-bond acceptors (Lipinski definition) is 7. The van der Waals surface area contributed by atoms with Gasteiger partial charge in [0.15, 0.2) is 5.82 Å². The van der Waals surface area contributed by atoms with Crippen LogP contribution in [-0.4, -0.2) is 57.5 Å².